The zero-order valence-corrected chi connectivity index (χ0v) is 15.6. The quantitative estimate of drug-likeness (QED) is 0.714. The fourth-order valence-electron chi connectivity index (χ4n) is 3.85. The molecule has 0 saturated carbocycles. The first-order valence-corrected chi connectivity index (χ1v) is 9.38. The van der Waals surface area contributed by atoms with Crippen molar-refractivity contribution in [3.63, 3.8) is 0 Å². The highest BCUT2D eigenvalue weighted by Crippen LogP contribution is 2.23. The van der Waals surface area contributed by atoms with Gasteiger partial charge in [-0.2, -0.15) is 5.26 Å². The van der Waals surface area contributed by atoms with Crippen LogP contribution in [0.4, 0.5) is 5.69 Å². The number of hydrogen-bond acceptors (Lipinski definition) is 4. The van der Waals surface area contributed by atoms with Crippen LogP contribution in [0.1, 0.15) is 17.5 Å². The highest BCUT2D eigenvalue weighted by Gasteiger charge is 2.18. The molecule has 1 aromatic carbocycles. The van der Waals surface area contributed by atoms with Crippen LogP contribution in [0, 0.1) is 11.3 Å². The number of nitrogens with zero attached hydrogens (tertiary/aromatic N) is 4. The van der Waals surface area contributed by atoms with Gasteiger partial charge in [-0.05, 0) is 42.8 Å². The van der Waals surface area contributed by atoms with E-state index < -0.39 is 0 Å². The molecule has 1 fully saturated rings. The molecule has 0 bridgehead atoms. The van der Waals surface area contributed by atoms with Crippen molar-refractivity contribution >= 4 is 11.2 Å². The van der Waals surface area contributed by atoms with Crippen molar-refractivity contribution < 1.29 is 4.74 Å². The van der Waals surface area contributed by atoms with Gasteiger partial charge < -0.3 is 14.0 Å². The molecule has 0 unspecified atom stereocenters. The Morgan fingerprint density at radius 3 is 2.67 bits per heavy atom. The number of pyridine rings is 1. The summed E-state index contributed by atoms with van der Waals surface area (Å²) in [7, 11) is 1.69. The standard InChI is InChI=1S/C22H24N4O/c1-27-20-8-6-19(7-9-20)25-12-4-10-24(13-14-25)16-18-17-26-11-3-2-5-22(26)21(18)15-23/h2-3,5-9,11,17H,4,10,12-14,16H2,1H3. The summed E-state index contributed by atoms with van der Waals surface area (Å²) in [5, 5.41) is 9.62. The summed E-state index contributed by atoms with van der Waals surface area (Å²) in [5.74, 6) is 0.889. The van der Waals surface area contributed by atoms with Gasteiger partial charge in [0.1, 0.15) is 11.8 Å². The Morgan fingerprint density at radius 2 is 1.89 bits per heavy atom. The monoisotopic (exact) mass is 360 g/mol. The van der Waals surface area contributed by atoms with Gasteiger partial charge in [-0.3, -0.25) is 4.90 Å². The van der Waals surface area contributed by atoms with Gasteiger partial charge in [-0.25, -0.2) is 0 Å². The average Bonchev–Trinajstić information content (AvgIpc) is 2.89. The predicted octanol–water partition coefficient (Wildman–Crippen LogP) is 3.53. The van der Waals surface area contributed by atoms with Crippen LogP contribution in [-0.4, -0.2) is 42.6 Å². The normalized spacial score (nSPS) is 15.5. The second kappa shape index (κ2) is 7.73. The maximum atomic E-state index is 9.62. The minimum Gasteiger partial charge on any atom is -0.497 e. The molecule has 1 aliphatic rings. The van der Waals surface area contributed by atoms with Crippen molar-refractivity contribution in [2.45, 2.75) is 13.0 Å². The third kappa shape index (κ3) is 3.62. The van der Waals surface area contributed by atoms with E-state index in [0.717, 1.165) is 61.5 Å². The summed E-state index contributed by atoms with van der Waals surface area (Å²) in [6.45, 7) is 4.89. The second-order valence-electron chi connectivity index (χ2n) is 6.95. The van der Waals surface area contributed by atoms with Crippen LogP contribution in [0.2, 0.25) is 0 Å². The van der Waals surface area contributed by atoms with E-state index in [2.05, 4.69) is 38.6 Å². The van der Waals surface area contributed by atoms with E-state index in [1.165, 1.54) is 5.69 Å². The molecule has 2 aromatic heterocycles. The lowest BCUT2D eigenvalue weighted by Crippen LogP contribution is -2.30. The lowest BCUT2D eigenvalue weighted by molar-refractivity contribution is 0.285. The third-order valence-corrected chi connectivity index (χ3v) is 5.29. The highest BCUT2D eigenvalue weighted by atomic mass is 16.5. The van der Waals surface area contributed by atoms with Gasteiger partial charge in [0.05, 0.1) is 18.2 Å². The smallest absolute Gasteiger partial charge is 0.119 e. The van der Waals surface area contributed by atoms with Crippen LogP contribution in [0.3, 0.4) is 0 Å². The van der Waals surface area contributed by atoms with E-state index in [1.807, 2.05) is 36.5 Å². The van der Waals surface area contributed by atoms with Crippen molar-refractivity contribution in [3.8, 4) is 11.8 Å². The van der Waals surface area contributed by atoms with Gasteiger partial charge in [0, 0.05) is 56.4 Å². The van der Waals surface area contributed by atoms with Gasteiger partial charge in [-0.1, -0.05) is 6.07 Å². The fraction of sp³-hybridized carbons (Fsp3) is 0.318. The number of hydrogen-bond donors (Lipinski definition) is 0. The van der Waals surface area contributed by atoms with Crippen LogP contribution in [0.15, 0.2) is 54.9 Å². The molecule has 0 N–H and O–H groups in total. The SMILES string of the molecule is COc1ccc(N2CCCN(Cc3cn4ccccc4c3C#N)CC2)cc1. The molecule has 0 radical (unpaired) electrons. The maximum absolute atomic E-state index is 9.62. The summed E-state index contributed by atoms with van der Waals surface area (Å²) in [4.78, 5) is 4.89. The molecule has 0 aliphatic carbocycles. The molecular weight excluding hydrogens is 336 g/mol. The summed E-state index contributed by atoms with van der Waals surface area (Å²) >= 11 is 0. The molecule has 138 valence electrons. The van der Waals surface area contributed by atoms with Gasteiger partial charge in [0.2, 0.25) is 0 Å². The maximum Gasteiger partial charge on any atom is 0.119 e. The Bertz CT molecular complexity index is 955. The zero-order chi connectivity index (χ0) is 18.6. The minimum absolute atomic E-state index is 0.798. The topological polar surface area (TPSA) is 43.9 Å². The Kier molecular flexibility index (Phi) is 4.99. The Morgan fingerprint density at radius 1 is 1.04 bits per heavy atom. The number of nitriles is 1. The van der Waals surface area contributed by atoms with Crippen molar-refractivity contribution in [1.82, 2.24) is 9.30 Å². The molecule has 4 rings (SSSR count). The van der Waals surface area contributed by atoms with Crippen LogP contribution in [0.25, 0.3) is 5.52 Å². The first kappa shape index (κ1) is 17.4. The van der Waals surface area contributed by atoms with Crippen LogP contribution < -0.4 is 9.64 Å². The van der Waals surface area contributed by atoms with Crippen molar-refractivity contribution in [2.75, 3.05) is 38.2 Å². The molecule has 5 heteroatoms. The Balaban J connectivity index is 1.46. The molecule has 0 spiro atoms. The Hall–Kier alpha value is -2.97. The molecule has 0 amide bonds. The van der Waals surface area contributed by atoms with Crippen LogP contribution >= 0.6 is 0 Å². The van der Waals surface area contributed by atoms with E-state index in [9.17, 15) is 5.26 Å². The van der Waals surface area contributed by atoms with E-state index in [0.29, 0.717) is 0 Å². The number of anilines is 1. The lowest BCUT2D eigenvalue weighted by Gasteiger charge is -2.23. The molecule has 27 heavy (non-hydrogen) atoms. The summed E-state index contributed by atoms with van der Waals surface area (Å²) in [6, 6.07) is 16.7. The van der Waals surface area contributed by atoms with E-state index in [4.69, 9.17) is 4.74 Å². The van der Waals surface area contributed by atoms with Gasteiger partial charge >= 0.3 is 0 Å². The molecular formula is C22H24N4O. The van der Waals surface area contributed by atoms with Crippen molar-refractivity contribution in [3.05, 3.63) is 66.0 Å². The third-order valence-electron chi connectivity index (χ3n) is 5.29. The Labute approximate surface area is 160 Å². The number of ether oxygens (including phenoxy) is 1. The lowest BCUT2D eigenvalue weighted by atomic mass is 10.1. The second-order valence-corrected chi connectivity index (χ2v) is 6.95. The zero-order valence-electron chi connectivity index (χ0n) is 15.6. The summed E-state index contributed by atoms with van der Waals surface area (Å²) in [5.41, 5.74) is 4.14. The van der Waals surface area contributed by atoms with Gasteiger partial charge in [0.25, 0.3) is 0 Å². The molecule has 5 nitrogen and oxygen atoms in total. The number of rotatable bonds is 4. The number of methoxy groups -OCH3 is 1. The van der Waals surface area contributed by atoms with Gasteiger partial charge in [0.15, 0.2) is 0 Å². The first-order valence-electron chi connectivity index (χ1n) is 9.38. The minimum atomic E-state index is 0.798. The molecule has 1 saturated heterocycles. The fourth-order valence-corrected chi connectivity index (χ4v) is 3.85. The predicted molar refractivity (Wildman–Crippen MR) is 107 cm³/mol. The van der Waals surface area contributed by atoms with Gasteiger partial charge in [-0.15, -0.1) is 0 Å². The molecule has 3 aromatic rings. The molecule has 1 aliphatic heterocycles. The first-order chi connectivity index (χ1) is 13.3. The molecule has 0 atom stereocenters. The average molecular weight is 360 g/mol. The highest BCUT2D eigenvalue weighted by molar-refractivity contribution is 5.65. The largest absolute Gasteiger partial charge is 0.497 e. The van der Waals surface area contributed by atoms with Crippen molar-refractivity contribution in [1.29, 1.82) is 5.26 Å². The van der Waals surface area contributed by atoms with Crippen LogP contribution in [0.5, 0.6) is 5.75 Å². The summed E-state index contributed by atoms with van der Waals surface area (Å²) < 4.78 is 7.31. The summed E-state index contributed by atoms with van der Waals surface area (Å²) in [6.07, 6.45) is 5.22. The van der Waals surface area contributed by atoms with Crippen LogP contribution in [-0.2, 0) is 6.54 Å². The van der Waals surface area contributed by atoms with E-state index >= 15 is 0 Å². The number of benzene rings is 1. The number of aromatic nitrogens is 1. The molecule has 3 heterocycles. The van der Waals surface area contributed by atoms with E-state index in [-0.39, 0.29) is 0 Å². The number of fused-ring (bicyclic) bond motifs is 1. The van der Waals surface area contributed by atoms with Crippen molar-refractivity contribution in [2.24, 2.45) is 0 Å². The van der Waals surface area contributed by atoms with E-state index in [1.54, 1.807) is 7.11 Å².